The number of carbonyl (C=O) groups is 3. The lowest BCUT2D eigenvalue weighted by atomic mass is 10.2. The highest BCUT2D eigenvalue weighted by Gasteiger charge is 2.34. The molecule has 2 saturated heterocycles. The van der Waals surface area contributed by atoms with Gasteiger partial charge in [0.25, 0.3) is 5.91 Å². The van der Waals surface area contributed by atoms with E-state index >= 15 is 0 Å². The fourth-order valence-electron chi connectivity index (χ4n) is 3.21. The van der Waals surface area contributed by atoms with Crippen LogP contribution in [-0.2, 0) is 14.4 Å². The van der Waals surface area contributed by atoms with Crippen LogP contribution in [-0.4, -0.2) is 53.5 Å². The zero-order chi connectivity index (χ0) is 17.1. The van der Waals surface area contributed by atoms with Crippen LogP contribution in [0.3, 0.4) is 0 Å². The van der Waals surface area contributed by atoms with E-state index in [2.05, 4.69) is 0 Å². The van der Waals surface area contributed by atoms with Crippen LogP contribution in [0.4, 0.5) is 5.69 Å². The number of amides is 2. The first-order valence-corrected chi connectivity index (χ1v) is 8.12. The van der Waals surface area contributed by atoms with Gasteiger partial charge in [-0.15, -0.1) is 0 Å². The molecule has 24 heavy (non-hydrogen) atoms. The Bertz CT molecular complexity index is 660. The highest BCUT2D eigenvalue weighted by atomic mass is 16.5. The van der Waals surface area contributed by atoms with E-state index in [0.717, 1.165) is 12.1 Å². The van der Waals surface area contributed by atoms with Gasteiger partial charge in [-0.3, -0.25) is 9.59 Å². The summed E-state index contributed by atoms with van der Waals surface area (Å²) in [5.41, 5.74) is 0.757. The second-order valence-corrected chi connectivity index (χ2v) is 6.02. The third kappa shape index (κ3) is 3.34. The molecule has 1 aromatic carbocycles. The van der Waals surface area contributed by atoms with Crippen LogP contribution in [0, 0.1) is 0 Å². The highest BCUT2D eigenvalue weighted by Crippen LogP contribution is 2.25. The summed E-state index contributed by atoms with van der Waals surface area (Å²) in [5, 5.41) is 9.13. The van der Waals surface area contributed by atoms with E-state index in [1.165, 1.54) is 4.90 Å². The summed E-state index contributed by atoms with van der Waals surface area (Å²) in [7, 11) is 0. The van der Waals surface area contributed by atoms with E-state index < -0.39 is 12.0 Å². The molecule has 0 bridgehead atoms. The molecule has 7 heteroatoms. The Morgan fingerprint density at radius 3 is 2.79 bits per heavy atom. The third-order valence-electron chi connectivity index (χ3n) is 4.42. The van der Waals surface area contributed by atoms with Crippen LogP contribution in [0.5, 0.6) is 5.75 Å². The van der Waals surface area contributed by atoms with Gasteiger partial charge in [-0.05, 0) is 31.4 Å². The maximum absolute atomic E-state index is 12.2. The number of hydrogen-bond acceptors (Lipinski definition) is 4. The van der Waals surface area contributed by atoms with Gasteiger partial charge in [0.15, 0.2) is 6.61 Å². The van der Waals surface area contributed by atoms with Crippen molar-refractivity contribution in [3.05, 3.63) is 24.3 Å². The van der Waals surface area contributed by atoms with E-state index in [1.54, 1.807) is 23.1 Å². The highest BCUT2D eigenvalue weighted by molar-refractivity contribution is 5.95. The predicted octanol–water partition coefficient (Wildman–Crippen LogP) is 1.27. The third-order valence-corrected chi connectivity index (χ3v) is 4.42. The number of carbonyl (C=O) groups excluding carboxylic acids is 2. The van der Waals surface area contributed by atoms with E-state index in [9.17, 15) is 14.4 Å². The molecule has 0 unspecified atom stereocenters. The van der Waals surface area contributed by atoms with Crippen molar-refractivity contribution >= 4 is 23.5 Å². The smallest absolute Gasteiger partial charge is 0.326 e. The van der Waals surface area contributed by atoms with Crippen molar-refractivity contribution in [2.75, 3.05) is 24.6 Å². The molecule has 2 fully saturated rings. The first kappa shape index (κ1) is 16.3. The van der Waals surface area contributed by atoms with E-state index in [4.69, 9.17) is 9.84 Å². The first-order valence-electron chi connectivity index (χ1n) is 8.12. The standard InChI is InChI=1S/C17H20N2O5/c20-15-7-3-8-18(15)12-4-1-5-13(10-12)24-11-16(21)19-9-2-6-14(19)17(22)23/h1,4-5,10,14H,2-3,6-9,11H2,(H,22,23)/t14-/m1/s1. The van der Waals surface area contributed by atoms with Gasteiger partial charge < -0.3 is 19.6 Å². The summed E-state index contributed by atoms with van der Waals surface area (Å²) >= 11 is 0. The molecule has 0 radical (unpaired) electrons. The maximum atomic E-state index is 12.2. The van der Waals surface area contributed by atoms with Gasteiger partial charge in [-0.25, -0.2) is 4.79 Å². The lowest BCUT2D eigenvalue weighted by molar-refractivity contribution is -0.148. The number of ether oxygens (including phenoxy) is 1. The first-order chi connectivity index (χ1) is 11.6. The van der Waals surface area contributed by atoms with Crippen LogP contribution < -0.4 is 9.64 Å². The molecule has 2 aliphatic heterocycles. The molecule has 2 heterocycles. The summed E-state index contributed by atoms with van der Waals surface area (Å²) in [4.78, 5) is 38.2. The van der Waals surface area contributed by atoms with Crippen LogP contribution in [0.15, 0.2) is 24.3 Å². The molecule has 7 nitrogen and oxygen atoms in total. The SMILES string of the molecule is O=C(O)[C@H]1CCCN1C(=O)COc1cccc(N2CCCC2=O)c1. The molecule has 0 aromatic heterocycles. The topological polar surface area (TPSA) is 87.2 Å². The van der Waals surface area contributed by atoms with Gasteiger partial charge in [0.2, 0.25) is 5.91 Å². The monoisotopic (exact) mass is 332 g/mol. The molecule has 2 aliphatic rings. The van der Waals surface area contributed by atoms with E-state index in [0.29, 0.717) is 38.1 Å². The lowest BCUT2D eigenvalue weighted by Gasteiger charge is -2.21. The average molecular weight is 332 g/mol. The van der Waals surface area contributed by atoms with Gasteiger partial charge in [-0.2, -0.15) is 0 Å². The Morgan fingerprint density at radius 1 is 1.25 bits per heavy atom. The van der Waals surface area contributed by atoms with Crippen LogP contribution in [0.1, 0.15) is 25.7 Å². The number of carboxylic acids is 1. The molecular weight excluding hydrogens is 312 g/mol. The number of aliphatic carboxylic acids is 1. The zero-order valence-electron chi connectivity index (χ0n) is 13.3. The Balaban J connectivity index is 1.61. The van der Waals surface area contributed by atoms with Crippen molar-refractivity contribution in [2.24, 2.45) is 0 Å². The fraction of sp³-hybridized carbons (Fsp3) is 0.471. The molecule has 0 saturated carbocycles. The normalized spacial score (nSPS) is 20.5. The van der Waals surface area contributed by atoms with Gasteiger partial charge in [0, 0.05) is 31.3 Å². The minimum atomic E-state index is -0.976. The zero-order valence-corrected chi connectivity index (χ0v) is 13.3. The molecule has 0 spiro atoms. The number of carboxylic acid groups (broad SMARTS) is 1. The quantitative estimate of drug-likeness (QED) is 0.877. The molecule has 1 N–H and O–H groups in total. The van der Waals surface area contributed by atoms with Crippen molar-refractivity contribution in [3.63, 3.8) is 0 Å². The molecular formula is C17H20N2O5. The van der Waals surface area contributed by atoms with Crippen molar-refractivity contribution in [2.45, 2.75) is 31.7 Å². The molecule has 3 rings (SSSR count). The van der Waals surface area contributed by atoms with Crippen LogP contribution in [0.2, 0.25) is 0 Å². The Morgan fingerprint density at radius 2 is 2.08 bits per heavy atom. The van der Waals surface area contributed by atoms with Crippen molar-refractivity contribution < 1.29 is 24.2 Å². The summed E-state index contributed by atoms with van der Waals surface area (Å²) in [6.45, 7) is 0.929. The number of anilines is 1. The number of likely N-dealkylation sites (tertiary alicyclic amines) is 1. The molecule has 0 aliphatic carbocycles. The second kappa shape index (κ2) is 6.90. The number of nitrogens with zero attached hydrogens (tertiary/aromatic N) is 2. The summed E-state index contributed by atoms with van der Waals surface area (Å²) < 4.78 is 5.52. The predicted molar refractivity (Wildman–Crippen MR) is 85.9 cm³/mol. The van der Waals surface area contributed by atoms with Gasteiger partial charge in [0.05, 0.1) is 0 Å². The van der Waals surface area contributed by atoms with Gasteiger partial charge in [-0.1, -0.05) is 6.07 Å². The Labute approximate surface area is 139 Å². The maximum Gasteiger partial charge on any atom is 0.326 e. The fourth-order valence-corrected chi connectivity index (χ4v) is 3.21. The molecule has 2 amide bonds. The molecule has 1 atom stereocenters. The van der Waals surface area contributed by atoms with Gasteiger partial charge in [0.1, 0.15) is 11.8 Å². The van der Waals surface area contributed by atoms with E-state index in [1.807, 2.05) is 6.07 Å². The largest absolute Gasteiger partial charge is 0.484 e. The second-order valence-electron chi connectivity index (χ2n) is 6.02. The Kier molecular flexibility index (Phi) is 4.69. The van der Waals surface area contributed by atoms with Crippen molar-refractivity contribution in [1.29, 1.82) is 0 Å². The lowest BCUT2D eigenvalue weighted by Crippen LogP contribution is -2.42. The Hall–Kier alpha value is -2.57. The van der Waals surface area contributed by atoms with Gasteiger partial charge >= 0.3 is 5.97 Å². The summed E-state index contributed by atoms with van der Waals surface area (Å²) in [6, 6.07) is 6.30. The number of benzene rings is 1. The minimum Gasteiger partial charge on any atom is -0.484 e. The summed E-state index contributed by atoms with van der Waals surface area (Å²) in [6.07, 6.45) is 2.56. The average Bonchev–Trinajstić information content (AvgIpc) is 3.21. The summed E-state index contributed by atoms with van der Waals surface area (Å²) in [5.74, 6) is -0.728. The van der Waals surface area contributed by atoms with E-state index in [-0.39, 0.29) is 18.4 Å². The minimum absolute atomic E-state index is 0.0876. The molecule has 1 aromatic rings. The number of hydrogen-bond donors (Lipinski definition) is 1. The van der Waals surface area contributed by atoms with Crippen molar-refractivity contribution in [3.8, 4) is 5.75 Å². The van der Waals surface area contributed by atoms with Crippen LogP contribution in [0.25, 0.3) is 0 Å². The molecule has 128 valence electrons. The van der Waals surface area contributed by atoms with Crippen LogP contribution >= 0.6 is 0 Å². The number of rotatable bonds is 5. The van der Waals surface area contributed by atoms with Crippen molar-refractivity contribution in [1.82, 2.24) is 4.90 Å².